The van der Waals surface area contributed by atoms with Crippen molar-refractivity contribution in [2.45, 2.75) is 25.8 Å². The second-order valence-corrected chi connectivity index (χ2v) is 4.62. The van der Waals surface area contributed by atoms with Crippen molar-refractivity contribution in [2.24, 2.45) is 5.92 Å². The van der Waals surface area contributed by atoms with Gasteiger partial charge in [-0.25, -0.2) is 9.97 Å². The first kappa shape index (κ1) is 11.3. The Kier molecular flexibility index (Phi) is 4.20. The van der Waals surface area contributed by atoms with Crippen molar-refractivity contribution in [1.82, 2.24) is 9.97 Å². The highest BCUT2D eigenvalue weighted by atomic mass is 32.2. The smallest absolute Gasteiger partial charge is 0.133 e. The Morgan fingerprint density at radius 3 is 2.71 bits per heavy atom. The van der Waals surface area contributed by atoms with Gasteiger partial charge in [0.25, 0.3) is 0 Å². The van der Waals surface area contributed by atoms with Gasteiger partial charge in [-0.05, 0) is 12.8 Å². The molecule has 1 aromatic heterocycles. The summed E-state index contributed by atoms with van der Waals surface area (Å²) in [5.41, 5.74) is 1.14. The molecule has 0 radical (unpaired) electrons. The SMILES string of the molecule is CNc1ncnc(SCC(C)C)c1C. The summed E-state index contributed by atoms with van der Waals surface area (Å²) in [5.74, 6) is 2.71. The highest BCUT2D eigenvalue weighted by molar-refractivity contribution is 7.99. The van der Waals surface area contributed by atoms with Crippen molar-refractivity contribution in [1.29, 1.82) is 0 Å². The second-order valence-electron chi connectivity index (χ2n) is 3.61. The number of aromatic nitrogens is 2. The van der Waals surface area contributed by atoms with Gasteiger partial charge in [0.2, 0.25) is 0 Å². The van der Waals surface area contributed by atoms with Gasteiger partial charge in [-0.15, -0.1) is 11.8 Å². The van der Waals surface area contributed by atoms with Crippen LogP contribution < -0.4 is 5.32 Å². The van der Waals surface area contributed by atoms with Crippen LogP contribution in [0.15, 0.2) is 11.4 Å². The van der Waals surface area contributed by atoms with Crippen LogP contribution in [0.5, 0.6) is 0 Å². The van der Waals surface area contributed by atoms with E-state index >= 15 is 0 Å². The molecule has 1 heterocycles. The van der Waals surface area contributed by atoms with Crippen LogP contribution >= 0.6 is 11.8 Å². The molecule has 0 aliphatic carbocycles. The molecule has 0 saturated heterocycles. The minimum Gasteiger partial charge on any atom is -0.373 e. The maximum atomic E-state index is 4.27. The molecule has 0 bridgehead atoms. The fraction of sp³-hybridized carbons (Fsp3) is 0.600. The van der Waals surface area contributed by atoms with E-state index in [9.17, 15) is 0 Å². The van der Waals surface area contributed by atoms with Crippen LogP contribution in [-0.2, 0) is 0 Å². The standard InChI is InChI=1S/C10H17N3S/c1-7(2)5-14-10-8(3)9(11-4)12-6-13-10/h6-7H,5H2,1-4H3,(H,11,12,13). The third-order valence-corrected chi connectivity index (χ3v) is 3.35. The molecule has 78 valence electrons. The van der Waals surface area contributed by atoms with E-state index in [0.717, 1.165) is 22.2 Å². The predicted molar refractivity (Wildman–Crippen MR) is 61.9 cm³/mol. The number of nitrogens with one attached hydrogen (secondary N) is 1. The van der Waals surface area contributed by atoms with Crippen molar-refractivity contribution < 1.29 is 0 Å². The number of hydrogen-bond acceptors (Lipinski definition) is 4. The summed E-state index contributed by atoms with van der Waals surface area (Å²) in [4.78, 5) is 8.42. The molecule has 0 atom stereocenters. The van der Waals surface area contributed by atoms with E-state index in [-0.39, 0.29) is 0 Å². The predicted octanol–water partition coefficient (Wildman–Crippen LogP) is 2.57. The van der Waals surface area contributed by atoms with Crippen molar-refractivity contribution in [3.63, 3.8) is 0 Å². The van der Waals surface area contributed by atoms with Crippen LogP contribution in [0.1, 0.15) is 19.4 Å². The van der Waals surface area contributed by atoms with Gasteiger partial charge in [0.1, 0.15) is 17.2 Å². The number of thioether (sulfide) groups is 1. The minimum absolute atomic E-state index is 0.687. The molecule has 0 aliphatic rings. The Hall–Kier alpha value is -0.770. The lowest BCUT2D eigenvalue weighted by molar-refractivity contribution is 0.749. The first-order valence-electron chi connectivity index (χ1n) is 4.77. The van der Waals surface area contributed by atoms with Crippen LogP contribution in [0.3, 0.4) is 0 Å². The Balaban J connectivity index is 2.76. The molecular formula is C10H17N3S. The Morgan fingerprint density at radius 1 is 1.43 bits per heavy atom. The fourth-order valence-corrected chi connectivity index (χ4v) is 2.00. The number of rotatable bonds is 4. The second kappa shape index (κ2) is 5.20. The first-order chi connectivity index (χ1) is 6.65. The topological polar surface area (TPSA) is 37.8 Å². The highest BCUT2D eigenvalue weighted by Crippen LogP contribution is 2.24. The van der Waals surface area contributed by atoms with Gasteiger partial charge in [0, 0.05) is 18.4 Å². The third-order valence-electron chi connectivity index (χ3n) is 1.83. The van der Waals surface area contributed by atoms with Gasteiger partial charge in [-0.2, -0.15) is 0 Å². The zero-order valence-corrected chi connectivity index (χ0v) is 9.98. The van der Waals surface area contributed by atoms with E-state index in [4.69, 9.17) is 0 Å². The van der Waals surface area contributed by atoms with Gasteiger partial charge in [0.15, 0.2) is 0 Å². The van der Waals surface area contributed by atoms with Gasteiger partial charge >= 0.3 is 0 Å². The van der Waals surface area contributed by atoms with Gasteiger partial charge in [-0.1, -0.05) is 13.8 Å². The van der Waals surface area contributed by atoms with Crippen molar-refractivity contribution in [3.05, 3.63) is 11.9 Å². The quantitative estimate of drug-likeness (QED) is 0.613. The molecule has 0 aromatic carbocycles. The number of nitrogens with zero attached hydrogens (tertiary/aromatic N) is 2. The first-order valence-corrected chi connectivity index (χ1v) is 5.75. The van der Waals surface area contributed by atoms with Crippen molar-refractivity contribution in [2.75, 3.05) is 18.1 Å². The summed E-state index contributed by atoms with van der Waals surface area (Å²) in [6, 6.07) is 0. The van der Waals surface area contributed by atoms with Crippen LogP contribution in [0.4, 0.5) is 5.82 Å². The molecule has 0 aliphatic heterocycles. The number of anilines is 1. The summed E-state index contributed by atoms with van der Waals surface area (Å²) in [5, 5.41) is 4.14. The molecule has 0 unspecified atom stereocenters. The zero-order chi connectivity index (χ0) is 10.6. The average molecular weight is 211 g/mol. The molecule has 4 heteroatoms. The number of hydrogen-bond donors (Lipinski definition) is 1. The molecule has 1 rings (SSSR count). The molecule has 0 spiro atoms. The maximum Gasteiger partial charge on any atom is 0.133 e. The lowest BCUT2D eigenvalue weighted by Crippen LogP contribution is -2.00. The van der Waals surface area contributed by atoms with E-state index in [2.05, 4.69) is 36.1 Å². The molecular weight excluding hydrogens is 194 g/mol. The van der Waals surface area contributed by atoms with Crippen LogP contribution in [0.25, 0.3) is 0 Å². The normalized spacial score (nSPS) is 10.6. The van der Waals surface area contributed by atoms with Gasteiger partial charge in [0.05, 0.1) is 0 Å². The summed E-state index contributed by atoms with van der Waals surface area (Å²) >= 11 is 1.79. The molecule has 0 amide bonds. The lowest BCUT2D eigenvalue weighted by Gasteiger charge is -2.09. The molecule has 1 N–H and O–H groups in total. The fourth-order valence-electron chi connectivity index (χ4n) is 1.08. The Labute approximate surface area is 89.7 Å². The van der Waals surface area contributed by atoms with E-state index in [0.29, 0.717) is 5.92 Å². The molecule has 1 aromatic rings. The van der Waals surface area contributed by atoms with E-state index in [1.54, 1.807) is 18.1 Å². The van der Waals surface area contributed by atoms with Crippen molar-refractivity contribution >= 4 is 17.6 Å². The molecule has 0 fully saturated rings. The Morgan fingerprint density at radius 2 is 2.14 bits per heavy atom. The average Bonchev–Trinajstić information content (AvgIpc) is 2.16. The summed E-state index contributed by atoms with van der Waals surface area (Å²) in [7, 11) is 1.88. The highest BCUT2D eigenvalue weighted by Gasteiger charge is 2.06. The monoisotopic (exact) mass is 211 g/mol. The third kappa shape index (κ3) is 2.87. The lowest BCUT2D eigenvalue weighted by atomic mass is 10.3. The van der Waals surface area contributed by atoms with Crippen molar-refractivity contribution in [3.8, 4) is 0 Å². The van der Waals surface area contributed by atoms with Crippen LogP contribution in [-0.4, -0.2) is 22.8 Å². The maximum absolute atomic E-state index is 4.27. The molecule has 3 nitrogen and oxygen atoms in total. The van der Waals surface area contributed by atoms with Crippen LogP contribution in [0, 0.1) is 12.8 Å². The minimum atomic E-state index is 0.687. The summed E-state index contributed by atoms with van der Waals surface area (Å²) in [6.45, 7) is 6.47. The van der Waals surface area contributed by atoms with E-state index < -0.39 is 0 Å². The molecule has 14 heavy (non-hydrogen) atoms. The zero-order valence-electron chi connectivity index (χ0n) is 9.16. The van der Waals surface area contributed by atoms with Crippen LogP contribution in [0.2, 0.25) is 0 Å². The molecule has 0 saturated carbocycles. The largest absolute Gasteiger partial charge is 0.373 e. The van der Waals surface area contributed by atoms with E-state index in [1.807, 2.05) is 7.05 Å². The summed E-state index contributed by atoms with van der Waals surface area (Å²) in [6.07, 6.45) is 1.61. The van der Waals surface area contributed by atoms with Gasteiger partial charge < -0.3 is 5.32 Å². The van der Waals surface area contributed by atoms with Gasteiger partial charge in [-0.3, -0.25) is 0 Å². The summed E-state index contributed by atoms with van der Waals surface area (Å²) < 4.78 is 0. The Bertz CT molecular complexity index is 299. The van der Waals surface area contributed by atoms with E-state index in [1.165, 1.54) is 0 Å².